The van der Waals surface area contributed by atoms with Crippen LogP contribution in [0.2, 0.25) is 0 Å². The summed E-state index contributed by atoms with van der Waals surface area (Å²) in [6, 6.07) is 13.0. The van der Waals surface area contributed by atoms with E-state index >= 15 is 0 Å². The van der Waals surface area contributed by atoms with Crippen molar-refractivity contribution in [2.75, 3.05) is 20.1 Å². The third-order valence-corrected chi connectivity index (χ3v) is 8.46. The molecule has 0 spiro atoms. The molecule has 0 aromatic heterocycles. The van der Waals surface area contributed by atoms with Crippen LogP contribution in [-0.4, -0.2) is 46.2 Å². The number of fused-ring (bicyclic) bond motifs is 1. The highest BCUT2D eigenvalue weighted by molar-refractivity contribution is 7.90. The van der Waals surface area contributed by atoms with Crippen LogP contribution in [0.1, 0.15) is 24.0 Å². The lowest BCUT2D eigenvalue weighted by molar-refractivity contribution is 0.337. The van der Waals surface area contributed by atoms with Crippen molar-refractivity contribution in [3.05, 3.63) is 65.5 Å². The lowest BCUT2D eigenvalue weighted by Gasteiger charge is -2.36. The largest absolute Gasteiger partial charge is 0.356 e. The topological polar surface area (TPSA) is 86.8 Å². The van der Waals surface area contributed by atoms with Gasteiger partial charge in [-0.05, 0) is 38.0 Å². The van der Waals surface area contributed by atoms with Gasteiger partial charge < -0.3 is 4.90 Å². The lowest BCUT2D eigenvalue weighted by atomic mass is 10.1. The van der Waals surface area contributed by atoms with Crippen LogP contribution in [0.3, 0.4) is 0 Å². The van der Waals surface area contributed by atoms with Gasteiger partial charge in [0, 0.05) is 25.7 Å². The number of nitrogens with zero attached hydrogens (tertiary/aromatic N) is 2. The molecule has 29 heavy (non-hydrogen) atoms. The highest BCUT2D eigenvalue weighted by Gasteiger charge is 2.39. The highest BCUT2D eigenvalue weighted by atomic mass is 32.2. The molecule has 0 unspecified atom stereocenters. The van der Waals surface area contributed by atoms with Gasteiger partial charge in [0.1, 0.15) is 5.82 Å². The molecule has 1 N–H and O–H groups in total. The third-order valence-electron chi connectivity index (χ3n) is 5.29. The molecule has 4 rings (SSSR count). The Morgan fingerprint density at radius 3 is 2.24 bits per heavy atom. The number of sulfonamides is 2. The molecule has 0 atom stereocenters. The molecule has 1 fully saturated rings. The molecule has 0 aliphatic carbocycles. The predicted octanol–water partition coefficient (Wildman–Crippen LogP) is 2.33. The van der Waals surface area contributed by atoms with Crippen molar-refractivity contribution < 1.29 is 16.8 Å². The molecule has 154 valence electrons. The Morgan fingerprint density at radius 1 is 0.966 bits per heavy atom. The van der Waals surface area contributed by atoms with Crippen LogP contribution in [0.25, 0.3) is 5.70 Å². The molecule has 7 nitrogen and oxygen atoms in total. The summed E-state index contributed by atoms with van der Waals surface area (Å²) in [5.74, 6) is 0.372. The Kier molecular flexibility index (Phi) is 4.82. The van der Waals surface area contributed by atoms with Crippen molar-refractivity contribution in [3.63, 3.8) is 0 Å². The fraction of sp³-hybridized carbons (Fsp3) is 0.300. The molecule has 2 aromatic rings. The average Bonchev–Trinajstić information content (AvgIpc) is 3.21. The van der Waals surface area contributed by atoms with Gasteiger partial charge in [0.2, 0.25) is 0 Å². The summed E-state index contributed by atoms with van der Waals surface area (Å²) in [4.78, 5) is 2.15. The second-order valence-electron chi connectivity index (χ2n) is 7.28. The fourth-order valence-corrected chi connectivity index (χ4v) is 6.25. The second-order valence-corrected chi connectivity index (χ2v) is 10.9. The smallest absolute Gasteiger partial charge is 0.265 e. The minimum atomic E-state index is -3.90. The zero-order valence-electron chi connectivity index (χ0n) is 16.3. The van der Waals surface area contributed by atoms with Gasteiger partial charge in [0.05, 0.1) is 15.5 Å². The van der Waals surface area contributed by atoms with Crippen LogP contribution in [0.5, 0.6) is 0 Å². The first-order valence-electron chi connectivity index (χ1n) is 9.39. The molecule has 2 aromatic carbocycles. The first-order chi connectivity index (χ1) is 13.7. The van der Waals surface area contributed by atoms with Crippen molar-refractivity contribution in [1.29, 1.82) is 0 Å². The highest BCUT2D eigenvalue weighted by Crippen LogP contribution is 2.37. The van der Waals surface area contributed by atoms with Crippen LogP contribution < -0.4 is 4.72 Å². The maximum absolute atomic E-state index is 13.1. The summed E-state index contributed by atoms with van der Waals surface area (Å²) in [6.45, 7) is 3.23. The predicted molar refractivity (Wildman–Crippen MR) is 111 cm³/mol. The molecule has 2 heterocycles. The number of hydrogen-bond donors (Lipinski definition) is 1. The zero-order chi connectivity index (χ0) is 20.8. The SMILES string of the molecule is Cc1ccc(S(=O)(=O)NC2=C(N3CCCC3)N(C)S(=O)(=O)c3ccccc32)cc1. The Hall–Kier alpha value is -2.52. The van der Waals surface area contributed by atoms with E-state index in [1.807, 2.05) is 11.8 Å². The second kappa shape index (κ2) is 7.07. The van der Waals surface area contributed by atoms with Gasteiger partial charge in [-0.1, -0.05) is 35.9 Å². The first-order valence-corrected chi connectivity index (χ1v) is 12.3. The lowest BCUT2D eigenvalue weighted by Crippen LogP contribution is -2.42. The van der Waals surface area contributed by atoms with Crippen LogP contribution in [0, 0.1) is 6.92 Å². The van der Waals surface area contributed by atoms with E-state index in [0.717, 1.165) is 18.4 Å². The molecule has 1 saturated heterocycles. The van der Waals surface area contributed by atoms with Crippen LogP contribution >= 0.6 is 0 Å². The Morgan fingerprint density at radius 2 is 1.59 bits per heavy atom. The minimum absolute atomic E-state index is 0.0899. The molecular weight excluding hydrogens is 410 g/mol. The monoisotopic (exact) mass is 433 g/mol. The van der Waals surface area contributed by atoms with Gasteiger partial charge >= 0.3 is 0 Å². The van der Waals surface area contributed by atoms with Crippen molar-refractivity contribution in [2.45, 2.75) is 29.6 Å². The van der Waals surface area contributed by atoms with E-state index in [1.54, 1.807) is 42.5 Å². The van der Waals surface area contributed by atoms with Crippen LogP contribution in [0.4, 0.5) is 0 Å². The number of benzene rings is 2. The molecule has 0 bridgehead atoms. The van der Waals surface area contributed by atoms with Crippen molar-refractivity contribution in [3.8, 4) is 0 Å². The van der Waals surface area contributed by atoms with Gasteiger partial charge in [-0.3, -0.25) is 9.03 Å². The van der Waals surface area contributed by atoms with Crippen molar-refractivity contribution in [1.82, 2.24) is 13.9 Å². The molecule has 0 amide bonds. The third kappa shape index (κ3) is 3.38. The van der Waals surface area contributed by atoms with E-state index in [4.69, 9.17) is 0 Å². The Bertz CT molecular complexity index is 1180. The van der Waals surface area contributed by atoms with Gasteiger partial charge in [-0.2, -0.15) is 0 Å². The number of likely N-dealkylation sites (tertiary alicyclic amines) is 1. The first kappa shape index (κ1) is 19.8. The molecule has 2 aliphatic rings. The van der Waals surface area contributed by atoms with Gasteiger partial charge in [-0.25, -0.2) is 16.8 Å². The molecule has 0 saturated carbocycles. The number of nitrogens with one attached hydrogen (secondary N) is 1. The van der Waals surface area contributed by atoms with E-state index in [1.165, 1.54) is 17.4 Å². The Balaban J connectivity index is 1.91. The van der Waals surface area contributed by atoms with Gasteiger partial charge in [0.25, 0.3) is 20.0 Å². The summed E-state index contributed by atoms with van der Waals surface area (Å²) >= 11 is 0. The maximum atomic E-state index is 13.1. The standard InChI is InChI=1S/C20H23N3O4S2/c1-15-9-11-16(12-10-15)28(24,25)21-19-17-7-3-4-8-18(17)29(26,27)22(2)20(19)23-13-5-6-14-23/h3-4,7-12,21H,5-6,13-14H2,1-2H3. The molecule has 2 aliphatic heterocycles. The summed E-state index contributed by atoms with van der Waals surface area (Å²) in [5, 5.41) is 0. The van der Waals surface area contributed by atoms with Crippen molar-refractivity contribution >= 4 is 25.7 Å². The van der Waals surface area contributed by atoms with Crippen LogP contribution in [0.15, 0.2) is 64.1 Å². The Labute approximate surface area is 171 Å². The average molecular weight is 434 g/mol. The van der Waals surface area contributed by atoms with Crippen LogP contribution in [-0.2, 0) is 20.0 Å². The zero-order valence-corrected chi connectivity index (χ0v) is 17.9. The van der Waals surface area contributed by atoms with Gasteiger partial charge in [0.15, 0.2) is 0 Å². The molecule has 9 heteroatoms. The summed E-state index contributed by atoms with van der Waals surface area (Å²) in [5.41, 5.74) is 1.61. The quantitative estimate of drug-likeness (QED) is 0.800. The summed E-state index contributed by atoms with van der Waals surface area (Å²) in [6.07, 6.45) is 1.86. The number of rotatable bonds is 4. The van der Waals surface area contributed by atoms with E-state index < -0.39 is 20.0 Å². The van der Waals surface area contributed by atoms with E-state index in [2.05, 4.69) is 4.72 Å². The van der Waals surface area contributed by atoms with Crippen molar-refractivity contribution in [2.24, 2.45) is 0 Å². The normalized spacial score (nSPS) is 18.7. The summed E-state index contributed by atoms with van der Waals surface area (Å²) < 4.78 is 56.3. The molecular formula is C20H23N3O4S2. The summed E-state index contributed by atoms with van der Waals surface area (Å²) in [7, 11) is -6.19. The minimum Gasteiger partial charge on any atom is -0.356 e. The van der Waals surface area contributed by atoms with E-state index in [0.29, 0.717) is 30.2 Å². The maximum Gasteiger partial charge on any atom is 0.265 e. The van der Waals surface area contributed by atoms with E-state index in [-0.39, 0.29) is 9.79 Å². The fourth-order valence-electron chi connectivity index (χ4n) is 3.73. The number of hydrogen-bond acceptors (Lipinski definition) is 5. The molecule has 0 radical (unpaired) electrons. The van der Waals surface area contributed by atoms with E-state index in [9.17, 15) is 16.8 Å². The number of aryl methyl sites for hydroxylation is 1. The van der Waals surface area contributed by atoms with Gasteiger partial charge in [-0.15, -0.1) is 0 Å².